The Bertz CT molecular complexity index is 1240. The number of anilines is 1. The van der Waals surface area contributed by atoms with Gasteiger partial charge in [-0.05, 0) is 18.2 Å². The lowest BCUT2D eigenvalue weighted by Gasteiger charge is -2.35. The summed E-state index contributed by atoms with van der Waals surface area (Å²) in [5, 5.41) is 0.513. The molecule has 2 aromatic carbocycles. The molecule has 0 radical (unpaired) electrons. The van der Waals surface area contributed by atoms with Crippen LogP contribution in [0.4, 0.5) is 10.2 Å². The summed E-state index contributed by atoms with van der Waals surface area (Å²) < 4.78 is 14.0. The molecule has 1 amide bonds. The topological polar surface area (TPSA) is 62.2 Å². The van der Waals surface area contributed by atoms with Gasteiger partial charge >= 0.3 is 0 Å². The van der Waals surface area contributed by atoms with Crippen molar-refractivity contribution in [1.29, 1.82) is 0 Å². The number of thiazole rings is 1. The molecule has 1 aliphatic heterocycles. The van der Waals surface area contributed by atoms with E-state index in [1.54, 1.807) is 24.4 Å². The number of benzene rings is 2. The zero-order valence-electron chi connectivity index (χ0n) is 17.2. The highest BCUT2D eigenvalue weighted by Crippen LogP contribution is 2.28. The van der Waals surface area contributed by atoms with Crippen molar-refractivity contribution >= 4 is 23.1 Å². The highest BCUT2D eigenvalue weighted by molar-refractivity contribution is 7.16. The van der Waals surface area contributed by atoms with Gasteiger partial charge in [-0.2, -0.15) is 0 Å². The van der Waals surface area contributed by atoms with Crippen molar-refractivity contribution in [3.05, 3.63) is 83.8 Å². The van der Waals surface area contributed by atoms with Crippen LogP contribution in [0.1, 0.15) is 9.67 Å². The van der Waals surface area contributed by atoms with Crippen LogP contribution in [0.25, 0.3) is 22.0 Å². The molecule has 1 fully saturated rings. The second-order valence-electron chi connectivity index (χ2n) is 7.39. The number of rotatable bonds is 4. The van der Waals surface area contributed by atoms with Gasteiger partial charge in [-0.3, -0.25) is 4.79 Å². The average molecular weight is 446 g/mol. The highest BCUT2D eigenvalue weighted by Gasteiger charge is 2.25. The largest absolute Gasteiger partial charge is 0.353 e. The third-order valence-corrected chi connectivity index (χ3v) is 6.40. The summed E-state index contributed by atoms with van der Waals surface area (Å²) in [6.45, 7) is 2.51. The van der Waals surface area contributed by atoms with Crippen molar-refractivity contribution in [2.75, 3.05) is 31.1 Å². The number of carbonyl (C=O) groups excluding carboxylic acids is 1. The second kappa shape index (κ2) is 8.84. The first-order valence-electron chi connectivity index (χ1n) is 10.3. The van der Waals surface area contributed by atoms with E-state index in [0.29, 0.717) is 47.5 Å². The predicted molar refractivity (Wildman–Crippen MR) is 123 cm³/mol. The molecule has 0 spiro atoms. The number of aromatic nitrogens is 3. The summed E-state index contributed by atoms with van der Waals surface area (Å²) in [4.78, 5) is 30.8. The van der Waals surface area contributed by atoms with Crippen molar-refractivity contribution in [2.45, 2.75) is 0 Å². The first-order chi connectivity index (χ1) is 15.7. The van der Waals surface area contributed by atoms with E-state index < -0.39 is 0 Å². The maximum atomic E-state index is 14.0. The average Bonchev–Trinajstić information content (AvgIpc) is 3.35. The standard InChI is InChI=1S/C24H20FN5OS/c25-19-9-5-4-8-18(19)23-27-16-20(32-23)24(31)30-14-12-29(13-15-30)21-10-11-26-22(28-21)17-6-2-1-3-7-17/h1-11,16H,12-15H2. The van der Waals surface area contributed by atoms with Gasteiger partial charge in [0.05, 0.1) is 6.20 Å². The Balaban J connectivity index is 1.26. The number of amides is 1. The lowest BCUT2D eigenvalue weighted by atomic mass is 10.2. The molecule has 1 saturated heterocycles. The van der Waals surface area contributed by atoms with Crippen LogP contribution < -0.4 is 4.90 Å². The predicted octanol–water partition coefficient (Wildman–Crippen LogP) is 4.37. The van der Waals surface area contributed by atoms with Gasteiger partial charge in [-0.25, -0.2) is 19.3 Å². The van der Waals surface area contributed by atoms with Crippen LogP contribution in [-0.4, -0.2) is 51.9 Å². The van der Waals surface area contributed by atoms with Gasteiger partial charge in [0, 0.05) is 43.5 Å². The van der Waals surface area contributed by atoms with Gasteiger partial charge in [0.25, 0.3) is 5.91 Å². The number of nitrogens with zero attached hydrogens (tertiary/aromatic N) is 5. The zero-order valence-corrected chi connectivity index (χ0v) is 18.0. The number of hydrogen-bond acceptors (Lipinski definition) is 6. The van der Waals surface area contributed by atoms with Gasteiger partial charge in [0.2, 0.25) is 0 Å². The molecule has 6 nitrogen and oxygen atoms in total. The van der Waals surface area contributed by atoms with Gasteiger partial charge < -0.3 is 9.80 Å². The van der Waals surface area contributed by atoms with Crippen molar-refractivity contribution in [1.82, 2.24) is 19.9 Å². The minimum Gasteiger partial charge on any atom is -0.353 e. The van der Waals surface area contributed by atoms with Gasteiger partial charge in [-0.15, -0.1) is 11.3 Å². The molecule has 8 heteroatoms. The van der Waals surface area contributed by atoms with Gasteiger partial charge in [0.15, 0.2) is 5.82 Å². The van der Waals surface area contributed by atoms with Crippen molar-refractivity contribution in [3.8, 4) is 22.0 Å². The molecule has 0 unspecified atom stereocenters. The summed E-state index contributed by atoms with van der Waals surface area (Å²) >= 11 is 1.22. The summed E-state index contributed by atoms with van der Waals surface area (Å²) in [5.74, 6) is 1.13. The van der Waals surface area contributed by atoms with Crippen LogP contribution in [0.3, 0.4) is 0 Å². The molecule has 0 aliphatic carbocycles. The Kier molecular flexibility index (Phi) is 5.60. The Morgan fingerprint density at radius 2 is 1.66 bits per heavy atom. The minimum absolute atomic E-state index is 0.0719. The first-order valence-corrected chi connectivity index (χ1v) is 11.1. The van der Waals surface area contributed by atoms with E-state index in [2.05, 4.69) is 14.9 Å². The summed E-state index contributed by atoms with van der Waals surface area (Å²) in [7, 11) is 0. The van der Waals surface area contributed by atoms with Crippen LogP contribution in [0.2, 0.25) is 0 Å². The maximum Gasteiger partial charge on any atom is 0.265 e. The fourth-order valence-corrected chi connectivity index (χ4v) is 4.59. The lowest BCUT2D eigenvalue weighted by Crippen LogP contribution is -2.48. The number of halogens is 1. The van der Waals surface area contributed by atoms with Crippen molar-refractivity contribution < 1.29 is 9.18 Å². The summed E-state index contributed by atoms with van der Waals surface area (Å²) in [6, 6.07) is 18.2. The fourth-order valence-electron chi connectivity index (χ4n) is 3.68. The molecule has 2 aromatic heterocycles. The SMILES string of the molecule is O=C(c1cnc(-c2ccccc2F)s1)N1CCN(c2ccnc(-c3ccccc3)n2)CC1. The molecule has 0 bridgehead atoms. The molecule has 1 aliphatic rings. The first kappa shape index (κ1) is 20.3. The lowest BCUT2D eigenvalue weighted by molar-refractivity contribution is 0.0751. The third-order valence-electron chi connectivity index (χ3n) is 5.38. The van der Waals surface area contributed by atoms with E-state index in [0.717, 1.165) is 11.4 Å². The Hall–Kier alpha value is -3.65. The molecule has 4 aromatic rings. The number of carbonyl (C=O) groups is 1. The molecule has 0 saturated carbocycles. The van der Waals surface area contributed by atoms with Crippen LogP contribution in [0.15, 0.2) is 73.1 Å². The number of piperazine rings is 1. The van der Waals surface area contributed by atoms with E-state index in [1.807, 2.05) is 41.3 Å². The van der Waals surface area contributed by atoms with E-state index in [9.17, 15) is 9.18 Å². The highest BCUT2D eigenvalue weighted by atomic mass is 32.1. The smallest absolute Gasteiger partial charge is 0.265 e. The minimum atomic E-state index is -0.339. The molecular weight excluding hydrogens is 425 g/mol. The molecule has 0 atom stereocenters. The quantitative estimate of drug-likeness (QED) is 0.467. The van der Waals surface area contributed by atoms with Crippen LogP contribution in [0.5, 0.6) is 0 Å². The fraction of sp³-hybridized carbons (Fsp3) is 0.167. The maximum absolute atomic E-state index is 14.0. The number of hydrogen-bond donors (Lipinski definition) is 0. The Morgan fingerprint density at radius 3 is 2.44 bits per heavy atom. The molecule has 160 valence electrons. The Morgan fingerprint density at radius 1 is 0.906 bits per heavy atom. The van der Waals surface area contributed by atoms with E-state index in [1.165, 1.54) is 23.6 Å². The second-order valence-corrected chi connectivity index (χ2v) is 8.42. The monoisotopic (exact) mass is 445 g/mol. The van der Waals surface area contributed by atoms with Crippen molar-refractivity contribution in [2.24, 2.45) is 0 Å². The molecule has 5 rings (SSSR count). The summed E-state index contributed by atoms with van der Waals surface area (Å²) in [6.07, 6.45) is 3.31. The van der Waals surface area contributed by atoms with Crippen LogP contribution in [-0.2, 0) is 0 Å². The molecule has 0 N–H and O–H groups in total. The third kappa shape index (κ3) is 4.09. The van der Waals surface area contributed by atoms with Gasteiger partial charge in [0.1, 0.15) is 21.5 Å². The van der Waals surface area contributed by atoms with E-state index in [4.69, 9.17) is 4.98 Å². The Labute approximate surface area is 189 Å². The van der Waals surface area contributed by atoms with Crippen molar-refractivity contribution in [3.63, 3.8) is 0 Å². The normalized spacial score (nSPS) is 13.9. The molecular formula is C24H20FN5OS. The van der Waals surface area contributed by atoms with Gasteiger partial charge in [-0.1, -0.05) is 42.5 Å². The van der Waals surface area contributed by atoms with Crippen LogP contribution in [0, 0.1) is 5.82 Å². The zero-order chi connectivity index (χ0) is 21.9. The van der Waals surface area contributed by atoms with E-state index >= 15 is 0 Å². The van der Waals surface area contributed by atoms with Crippen LogP contribution >= 0.6 is 11.3 Å². The van der Waals surface area contributed by atoms with E-state index in [-0.39, 0.29) is 11.7 Å². The molecule has 32 heavy (non-hydrogen) atoms. The summed E-state index contributed by atoms with van der Waals surface area (Å²) in [5.41, 5.74) is 1.39. The molecule has 3 heterocycles.